The Bertz CT molecular complexity index is 750. The molecule has 0 aliphatic heterocycles. The first-order chi connectivity index (χ1) is 11.2. The van der Waals surface area contributed by atoms with Gasteiger partial charge in [-0.3, -0.25) is 9.59 Å². The number of alkyl halides is 3. The van der Waals surface area contributed by atoms with Crippen molar-refractivity contribution in [2.24, 2.45) is 0 Å². The van der Waals surface area contributed by atoms with Crippen molar-refractivity contribution in [1.82, 2.24) is 0 Å². The second-order valence-corrected chi connectivity index (χ2v) is 5.79. The quantitative estimate of drug-likeness (QED) is 0.684. The van der Waals surface area contributed by atoms with E-state index in [1.165, 1.54) is 31.2 Å². The van der Waals surface area contributed by atoms with Gasteiger partial charge in [-0.05, 0) is 31.2 Å². The molecule has 0 bridgehead atoms. The first-order valence-corrected chi connectivity index (χ1v) is 7.48. The molecule has 24 heavy (non-hydrogen) atoms. The molecule has 0 amide bonds. The lowest BCUT2D eigenvalue weighted by Crippen LogP contribution is -2.23. The van der Waals surface area contributed by atoms with Crippen molar-refractivity contribution in [3.05, 3.63) is 58.5 Å². The van der Waals surface area contributed by atoms with Crippen molar-refractivity contribution in [1.29, 1.82) is 0 Å². The van der Waals surface area contributed by atoms with Crippen LogP contribution in [0.1, 0.15) is 41.1 Å². The fourth-order valence-electron chi connectivity index (χ4n) is 2.28. The zero-order chi connectivity index (χ0) is 17.9. The zero-order valence-corrected chi connectivity index (χ0v) is 13.4. The van der Waals surface area contributed by atoms with Crippen molar-refractivity contribution in [2.45, 2.75) is 31.9 Å². The minimum atomic E-state index is -4.66. The highest BCUT2D eigenvalue weighted by molar-refractivity contribution is 6.33. The number of benzene rings is 1. The molecule has 128 valence electrons. The van der Waals surface area contributed by atoms with E-state index in [0.717, 1.165) is 6.07 Å². The van der Waals surface area contributed by atoms with Crippen LogP contribution in [0.25, 0.3) is 0 Å². The summed E-state index contributed by atoms with van der Waals surface area (Å²) < 4.78 is 45.2. The van der Waals surface area contributed by atoms with Gasteiger partial charge in [-0.15, -0.1) is 0 Å². The van der Waals surface area contributed by atoms with E-state index in [1.807, 2.05) is 0 Å². The minimum Gasteiger partial charge on any atom is -0.465 e. The number of furan rings is 1. The molecule has 1 heterocycles. The van der Waals surface area contributed by atoms with Gasteiger partial charge in [0.25, 0.3) is 0 Å². The number of carbonyl (C=O) groups is 2. The van der Waals surface area contributed by atoms with Crippen LogP contribution in [0.4, 0.5) is 13.2 Å². The van der Waals surface area contributed by atoms with E-state index in [2.05, 4.69) is 0 Å². The number of ketones is 2. The van der Waals surface area contributed by atoms with Crippen LogP contribution in [-0.2, 0) is 11.2 Å². The second kappa shape index (κ2) is 7.21. The summed E-state index contributed by atoms with van der Waals surface area (Å²) >= 11 is 5.86. The van der Waals surface area contributed by atoms with Crippen LogP contribution in [0.5, 0.6) is 0 Å². The lowest BCUT2D eigenvalue weighted by molar-refractivity contribution is -0.153. The number of hydrogen-bond acceptors (Lipinski definition) is 3. The van der Waals surface area contributed by atoms with Gasteiger partial charge in [0.05, 0.1) is 11.4 Å². The highest BCUT2D eigenvalue weighted by Gasteiger charge is 2.44. The molecule has 2 aromatic rings. The monoisotopic (exact) mass is 358 g/mol. The summed E-state index contributed by atoms with van der Waals surface area (Å²) in [6.45, 7) is 1.31. The summed E-state index contributed by atoms with van der Waals surface area (Å²) in [6.07, 6.45) is -5.58. The Labute approximate surface area is 141 Å². The van der Waals surface area contributed by atoms with Crippen molar-refractivity contribution >= 4 is 23.2 Å². The Morgan fingerprint density at radius 1 is 1.17 bits per heavy atom. The van der Waals surface area contributed by atoms with Crippen LogP contribution in [0.15, 0.2) is 40.8 Å². The first kappa shape index (κ1) is 18.3. The van der Waals surface area contributed by atoms with Gasteiger partial charge in [0.1, 0.15) is 23.2 Å². The van der Waals surface area contributed by atoms with Crippen LogP contribution < -0.4 is 0 Å². The predicted molar refractivity (Wildman–Crippen MR) is 82.3 cm³/mol. The van der Waals surface area contributed by atoms with Crippen molar-refractivity contribution in [3.63, 3.8) is 0 Å². The lowest BCUT2D eigenvalue weighted by Gasteiger charge is -2.18. The molecule has 1 aromatic heterocycles. The second-order valence-electron chi connectivity index (χ2n) is 5.38. The summed E-state index contributed by atoms with van der Waals surface area (Å²) in [5, 5.41) is 0.0974. The molecule has 1 aromatic carbocycles. The van der Waals surface area contributed by atoms with Crippen LogP contribution in [0, 0.1) is 0 Å². The van der Waals surface area contributed by atoms with E-state index >= 15 is 0 Å². The standard InChI is InChI=1S/C17H14ClF3O3/c1-10(22)8-11-6-7-16(24-11)13(17(19,20)21)9-15(23)12-4-2-3-5-14(12)18/h2-7,13H,8-9H2,1H3/t13-/m0/s1. The normalized spacial score (nSPS) is 12.9. The highest BCUT2D eigenvalue weighted by atomic mass is 35.5. The maximum Gasteiger partial charge on any atom is 0.399 e. The molecular formula is C17H14ClF3O3. The number of carbonyl (C=O) groups excluding carboxylic acids is 2. The van der Waals surface area contributed by atoms with Gasteiger partial charge in [0.15, 0.2) is 5.78 Å². The molecule has 1 atom stereocenters. The Hall–Kier alpha value is -2.08. The van der Waals surface area contributed by atoms with Crippen LogP contribution in [-0.4, -0.2) is 17.7 Å². The third-order valence-electron chi connectivity index (χ3n) is 3.41. The van der Waals surface area contributed by atoms with Crippen molar-refractivity contribution in [3.8, 4) is 0 Å². The molecule has 0 aliphatic carbocycles. The molecule has 0 saturated heterocycles. The molecular weight excluding hydrogens is 345 g/mol. The molecule has 0 spiro atoms. The van der Waals surface area contributed by atoms with Crippen LogP contribution in [0.3, 0.4) is 0 Å². The number of halogens is 4. The first-order valence-electron chi connectivity index (χ1n) is 7.11. The molecule has 0 aliphatic rings. The summed E-state index contributed by atoms with van der Waals surface area (Å²) in [5.41, 5.74) is 0.0314. The number of hydrogen-bond donors (Lipinski definition) is 0. The SMILES string of the molecule is CC(=O)Cc1ccc([C@H](CC(=O)c2ccccc2Cl)C(F)(F)F)o1. The summed E-state index contributed by atoms with van der Waals surface area (Å²) in [7, 11) is 0. The van der Waals surface area contributed by atoms with E-state index in [4.69, 9.17) is 16.0 Å². The fraction of sp³-hybridized carbons (Fsp3) is 0.294. The molecule has 0 radical (unpaired) electrons. The average molecular weight is 359 g/mol. The Balaban J connectivity index is 2.27. The minimum absolute atomic E-state index is 0.0314. The zero-order valence-electron chi connectivity index (χ0n) is 12.7. The van der Waals surface area contributed by atoms with Gasteiger partial charge < -0.3 is 4.42 Å². The highest BCUT2D eigenvalue weighted by Crippen LogP contribution is 2.39. The fourth-order valence-corrected chi connectivity index (χ4v) is 2.52. The smallest absolute Gasteiger partial charge is 0.399 e. The Morgan fingerprint density at radius 3 is 2.42 bits per heavy atom. The van der Waals surface area contributed by atoms with E-state index in [0.29, 0.717) is 0 Å². The molecule has 3 nitrogen and oxygen atoms in total. The van der Waals surface area contributed by atoms with Gasteiger partial charge in [0.2, 0.25) is 0 Å². The summed E-state index contributed by atoms with van der Waals surface area (Å²) in [4.78, 5) is 23.2. The molecule has 7 heteroatoms. The molecule has 0 fully saturated rings. The third kappa shape index (κ3) is 4.47. The van der Waals surface area contributed by atoms with Crippen molar-refractivity contribution in [2.75, 3.05) is 0 Å². The van der Waals surface area contributed by atoms with Gasteiger partial charge >= 0.3 is 6.18 Å². The average Bonchev–Trinajstić information content (AvgIpc) is 2.90. The van der Waals surface area contributed by atoms with Crippen LogP contribution >= 0.6 is 11.6 Å². The van der Waals surface area contributed by atoms with Crippen LogP contribution in [0.2, 0.25) is 5.02 Å². The van der Waals surface area contributed by atoms with Crippen molar-refractivity contribution < 1.29 is 27.2 Å². The largest absolute Gasteiger partial charge is 0.465 e. The maximum absolute atomic E-state index is 13.3. The van der Waals surface area contributed by atoms with Gasteiger partial charge in [-0.25, -0.2) is 0 Å². The number of Topliss-reactive ketones (excluding diaryl/α,β-unsaturated/α-hetero) is 2. The molecule has 0 N–H and O–H groups in total. The maximum atomic E-state index is 13.3. The van der Waals surface area contributed by atoms with Gasteiger partial charge in [-0.2, -0.15) is 13.2 Å². The van der Waals surface area contributed by atoms with Gasteiger partial charge in [-0.1, -0.05) is 23.7 Å². The van der Waals surface area contributed by atoms with E-state index in [-0.39, 0.29) is 34.3 Å². The Morgan fingerprint density at radius 2 is 1.83 bits per heavy atom. The summed E-state index contributed by atoms with van der Waals surface area (Å²) in [5.74, 6) is -3.31. The molecule has 0 unspecified atom stereocenters. The molecule has 2 rings (SSSR count). The van der Waals surface area contributed by atoms with E-state index in [1.54, 1.807) is 6.07 Å². The topological polar surface area (TPSA) is 47.3 Å². The summed E-state index contributed by atoms with van der Waals surface area (Å²) in [6, 6.07) is 8.39. The third-order valence-corrected chi connectivity index (χ3v) is 3.74. The number of rotatable bonds is 6. The van der Waals surface area contributed by atoms with E-state index < -0.39 is 24.3 Å². The van der Waals surface area contributed by atoms with E-state index in [9.17, 15) is 22.8 Å². The molecule has 0 saturated carbocycles. The van der Waals surface area contributed by atoms with Gasteiger partial charge in [0, 0.05) is 12.0 Å². The Kier molecular flexibility index (Phi) is 5.49. The predicted octanol–water partition coefficient (Wildman–Crippen LogP) is 4.98. The lowest BCUT2D eigenvalue weighted by atomic mass is 9.95.